The Hall–Kier alpha value is -2.66. The lowest BCUT2D eigenvalue weighted by atomic mass is 9.74. The van der Waals surface area contributed by atoms with E-state index in [0.717, 1.165) is 18.4 Å². The molecule has 2 aromatic rings. The number of carbonyl (C=O) groups is 2. The van der Waals surface area contributed by atoms with E-state index in [-0.39, 0.29) is 42.3 Å². The Bertz CT molecular complexity index is 835. The summed E-state index contributed by atoms with van der Waals surface area (Å²) in [6, 6.07) is 18.7. The van der Waals surface area contributed by atoms with Crippen molar-refractivity contribution in [2.75, 3.05) is 20.2 Å². The highest BCUT2D eigenvalue weighted by Gasteiger charge is 2.52. The molecule has 0 bridgehead atoms. The minimum Gasteiger partial charge on any atom is -0.394 e. The highest BCUT2D eigenvalue weighted by atomic mass is 16.3. The van der Waals surface area contributed by atoms with Crippen molar-refractivity contribution in [2.45, 2.75) is 30.8 Å². The first-order chi connectivity index (χ1) is 13.6. The maximum atomic E-state index is 13.2. The molecule has 2 aromatic carbocycles. The van der Waals surface area contributed by atoms with Crippen LogP contribution in [0.15, 0.2) is 60.7 Å². The standard InChI is InChI=1S/C23H26N2O3/c1-24(22(27)18-12-13-18)14-19-21(16-8-4-2-5-9-16)20(15-26)25(19)23(28)17-10-6-3-7-11-17/h2-11,18-21,26H,12-15H2,1H3/t19-,20+,21-/m0/s1. The molecular weight excluding hydrogens is 352 g/mol. The van der Waals surface area contributed by atoms with E-state index in [1.807, 2.05) is 55.6 Å². The fraction of sp³-hybridized carbons (Fsp3) is 0.391. The summed E-state index contributed by atoms with van der Waals surface area (Å²) in [6.45, 7) is 0.374. The van der Waals surface area contributed by atoms with Crippen molar-refractivity contribution in [1.82, 2.24) is 9.80 Å². The van der Waals surface area contributed by atoms with Gasteiger partial charge in [-0.15, -0.1) is 0 Å². The molecule has 1 N–H and O–H groups in total. The quantitative estimate of drug-likeness (QED) is 0.840. The third-order valence-electron chi connectivity index (χ3n) is 5.93. The summed E-state index contributed by atoms with van der Waals surface area (Å²) in [6.07, 6.45) is 1.92. The summed E-state index contributed by atoms with van der Waals surface area (Å²) in [5, 5.41) is 10.1. The zero-order chi connectivity index (χ0) is 19.7. The van der Waals surface area contributed by atoms with Gasteiger partial charge in [0.05, 0.1) is 18.7 Å². The van der Waals surface area contributed by atoms with Crippen LogP contribution in [-0.4, -0.2) is 59.0 Å². The molecule has 1 aliphatic heterocycles. The Morgan fingerprint density at radius 2 is 1.61 bits per heavy atom. The molecule has 0 unspecified atom stereocenters. The Balaban J connectivity index is 1.62. The fourth-order valence-electron chi connectivity index (χ4n) is 4.31. The van der Waals surface area contributed by atoms with E-state index >= 15 is 0 Å². The van der Waals surface area contributed by atoms with Crippen molar-refractivity contribution in [3.05, 3.63) is 71.8 Å². The van der Waals surface area contributed by atoms with Gasteiger partial charge in [0.25, 0.3) is 5.91 Å². The van der Waals surface area contributed by atoms with Gasteiger partial charge in [-0.2, -0.15) is 0 Å². The number of aliphatic hydroxyl groups is 1. The number of likely N-dealkylation sites (tertiary alicyclic amines) is 1. The maximum Gasteiger partial charge on any atom is 0.254 e. The average Bonchev–Trinajstić information content (AvgIpc) is 3.56. The molecule has 1 heterocycles. The number of nitrogens with zero attached hydrogens (tertiary/aromatic N) is 2. The molecule has 5 nitrogen and oxygen atoms in total. The predicted octanol–water partition coefficient (Wildman–Crippen LogP) is 2.52. The van der Waals surface area contributed by atoms with E-state index in [2.05, 4.69) is 0 Å². The molecule has 28 heavy (non-hydrogen) atoms. The SMILES string of the molecule is CN(C[C@H]1[C@H](c2ccccc2)[C@@H](CO)N1C(=O)c1ccccc1)C(=O)C1CC1. The predicted molar refractivity (Wildman–Crippen MR) is 107 cm³/mol. The molecule has 1 saturated heterocycles. The monoisotopic (exact) mass is 378 g/mol. The minimum absolute atomic E-state index is 0.00770. The highest BCUT2D eigenvalue weighted by molar-refractivity contribution is 5.95. The zero-order valence-corrected chi connectivity index (χ0v) is 16.1. The van der Waals surface area contributed by atoms with Gasteiger partial charge in [-0.25, -0.2) is 0 Å². The first-order valence-corrected chi connectivity index (χ1v) is 9.90. The molecule has 2 amide bonds. The lowest BCUT2D eigenvalue weighted by Crippen LogP contribution is -2.68. The molecule has 0 aromatic heterocycles. The number of likely N-dealkylation sites (N-methyl/N-ethyl adjacent to an activating group) is 1. The van der Waals surface area contributed by atoms with Crippen LogP contribution in [-0.2, 0) is 4.79 Å². The van der Waals surface area contributed by atoms with Crippen LogP contribution in [0.1, 0.15) is 34.7 Å². The van der Waals surface area contributed by atoms with Crippen LogP contribution < -0.4 is 0 Å². The number of benzene rings is 2. The van der Waals surface area contributed by atoms with Gasteiger partial charge >= 0.3 is 0 Å². The molecule has 2 aliphatic rings. The van der Waals surface area contributed by atoms with Crippen LogP contribution in [0.4, 0.5) is 0 Å². The third-order valence-corrected chi connectivity index (χ3v) is 5.93. The number of amides is 2. The summed E-state index contributed by atoms with van der Waals surface area (Å²) < 4.78 is 0. The van der Waals surface area contributed by atoms with E-state index in [1.165, 1.54) is 0 Å². The van der Waals surface area contributed by atoms with Crippen LogP contribution in [0.2, 0.25) is 0 Å². The van der Waals surface area contributed by atoms with Gasteiger partial charge < -0.3 is 14.9 Å². The Morgan fingerprint density at radius 1 is 1.00 bits per heavy atom. The first kappa shape index (κ1) is 18.7. The highest BCUT2D eigenvalue weighted by Crippen LogP contribution is 2.42. The van der Waals surface area contributed by atoms with E-state index < -0.39 is 0 Å². The van der Waals surface area contributed by atoms with Gasteiger partial charge in [0, 0.05) is 31.0 Å². The van der Waals surface area contributed by atoms with E-state index in [1.54, 1.807) is 21.9 Å². The van der Waals surface area contributed by atoms with Crippen LogP contribution in [0, 0.1) is 5.92 Å². The summed E-state index contributed by atoms with van der Waals surface area (Å²) in [7, 11) is 1.82. The summed E-state index contributed by atoms with van der Waals surface area (Å²) in [5.41, 5.74) is 1.70. The average molecular weight is 378 g/mol. The van der Waals surface area contributed by atoms with Gasteiger partial charge in [-0.3, -0.25) is 9.59 Å². The largest absolute Gasteiger partial charge is 0.394 e. The van der Waals surface area contributed by atoms with Gasteiger partial charge in [0.2, 0.25) is 5.91 Å². The van der Waals surface area contributed by atoms with E-state index in [0.29, 0.717) is 12.1 Å². The van der Waals surface area contributed by atoms with Crippen molar-refractivity contribution < 1.29 is 14.7 Å². The van der Waals surface area contributed by atoms with Crippen LogP contribution >= 0.6 is 0 Å². The molecule has 5 heteroatoms. The zero-order valence-electron chi connectivity index (χ0n) is 16.1. The molecule has 0 spiro atoms. The lowest BCUT2D eigenvalue weighted by Gasteiger charge is -2.55. The fourth-order valence-corrected chi connectivity index (χ4v) is 4.31. The minimum atomic E-state index is -0.287. The van der Waals surface area contributed by atoms with Crippen molar-refractivity contribution in [3.8, 4) is 0 Å². The topological polar surface area (TPSA) is 60.9 Å². The summed E-state index contributed by atoms with van der Waals surface area (Å²) >= 11 is 0. The number of rotatable bonds is 6. The van der Waals surface area contributed by atoms with Gasteiger partial charge in [0.15, 0.2) is 0 Å². The molecule has 1 aliphatic carbocycles. The van der Waals surface area contributed by atoms with E-state index in [9.17, 15) is 14.7 Å². The summed E-state index contributed by atoms with van der Waals surface area (Å²) in [4.78, 5) is 29.2. The second-order valence-electron chi connectivity index (χ2n) is 7.83. The Kier molecular flexibility index (Phi) is 5.18. The molecule has 3 atom stereocenters. The smallest absolute Gasteiger partial charge is 0.254 e. The van der Waals surface area contributed by atoms with Gasteiger partial charge in [-0.1, -0.05) is 48.5 Å². The van der Waals surface area contributed by atoms with Crippen LogP contribution in [0.5, 0.6) is 0 Å². The number of carbonyl (C=O) groups excluding carboxylic acids is 2. The number of hydrogen-bond acceptors (Lipinski definition) is 3. The van der Waals surface area contributed by atoms with Gasteiger partial charge in [0.1, 0.15) is 0 Å². The molecule has 0 radical (unpaired) electrons. The second-order valence-corrected chi connectivity index (χ2v) is 7.83. The number of hydrogen-bond donors (Lipinski definition) is 1. The number of aliphatic hydroxyl groups excluding tert-OH is 1. The van der Waals surface area contributed by atoms with Crippen LogP contribution in [0.25, 0.3) is 0 Å². The van der Waals surface area contributed by atoms with Crippen molar-refractivity contribution in [2.24, 2.45) is 5.92 Å². The van der Waals surface area contributed by atoms with Crippen LogP contribution in [0.3, 0.4) is 0 Å². The molecule has 1 saturated carbocycles. The lowest BCUT2D eigenvalue weighted by molar-refractivity contribution is -0.133. The summed E-state index contributed by atoms with van der Waals surface area (Å²) in [5.74, 6) is 0.218. The molecular formula is C23H26N2O3. The molecule has 2 fully saturated rings. The normalized spacial score (nSPS) is 23.8. The third kappa shape index (κ3) is 3.42. The Morgan fingerprint density at radius 3 is 2.18 bits per heavy atom. The Labute approximate surface area is 165 Å². The van der Waals surface area contributed by atoms with Crippen molar-refractivity contribution in [3.63, 3.8) is 0 Å². The van der Waals surface area contributed by atoms with Crippen molar-refractivity contribution >= 4 is 11.8 Å². The molecule has 4 rings (SSSR count). The second kappa shape index (κ2) is 7.76. The first-order valence-electron chi connectivity index (χ1n) is 9.90. The maximum absolute atomic E-state index is 13.2. The van der Waals surface area contributed by atoms with Gasteiger partial charge in [-0.05, 0) is 30.5 Å². The molecule has 146 valence electrons. The van der Waals surface area contributed by atoms with E-state index in [4.69, 9.17) is 0 Å². The van der Waals surface area contributed by atoms with Crippen molar-refractivity contribution in [1.29, 1.82) is 0 Å².